The topological polar surface area (TPSA) is 41.3 Å². The number of rotatable bonds is 4. The first kappa shape index (κ1) is 11.0. The van der Waals surface area contributed by atoms with Gasteiger partial charge in [-0.15, -0.1) is 0 Å². The van der Waals surface area contributed by atoms with E-state index in [0.29, 0.717) is 12.1 Å². The van der Waals surface area contributed by atoms with Crippen molar-refractivity contribution >= 4 is 0 Å². The lowest BCUT2D eigenvalue weighted by Crippen LogP contribution is -2.48. The van der Waals surface area contributed by atoms with Crippen molar-refractivity contribution in [2.24, 2.45) is 5.73 Å². The molecule has 1 fully saturated rings. The first-order valence-electron chi connectivity index (χ1n) is 5.34. The Morgan fingerprint density at radius 2 is 2.00 bits per heavy atom. The number of nitrogens with one attached hydrogen (secondary N) is 1. The fraction of sp³-hybridized carbons (Fsp3) is 1.00. The van der Waals surface area contributed by atoms with E-state index in [1.807, 2.05) is 0 Å². The van der Waals surface area contributed by atoms with E-state index in [-0.39, 0.29) is 0 Å². The van der Waals surface area contributed by atoms with Crippen LogP contribution in [0.15, 0.2) is 0 Å². The van der Waals surface area contributed by atoms with Gasteiger partial charge in [-0.25, -0.2) is 0 Å². The van der Waals surface area contributed by atoms with Gasteiger partial charge in [0.05, 0.1) is 0 Å². The van der Waals surface area contributed by atoms with Crippen LogP contribution in [-0.4, -0.2) is 44.2 Å². The van der Waals surface area contributed by atoms with E-state index in [1.54, 1.807) is 0 Å². The van der Waals surface area contributed by atoms with E-state index in [9.17, 15) is 0 Å². The van der Waals surface area contributed by atoms with Gasteiger partial charge in [0, 0.05) is 25.2 Å². The summed E-state index contributed by atoms with van der Waals surface area (Å²) in [5.41, 5.74) is 6.02. The highest BCUT2D eigenvalue weighted by atomic mass is 15.1. The molecule has 2 unspecified atom stereocenters. The summed E-state index contributed by atoms with van der Waals surface area (Å²) in [4.78, 5) is 2.20. The highest BCUT2D eigenvalue weighted by Crippen LogP contribution is 2.16. The molecule has 2 atom stereocenters. The van der Waals surface area contributed by atoms with E-state index in [4.69, 9.17) is 5.73 Å². The van der Waals surface area contributed by atoms with Gasteiger partial charge in [-0.2, -0.15) is 0 Å². The van der Waals surface area contributed by atoms with E-state index < -0.39 is 0 Å². The fourth-order valence-electron chi connectivity index (χ4n) is 1.89. The van der Waals surface area contributed by atoms with Crippen molar-refractivity contribution in [3.8, 4) is 0 Å². The third kappa shape index (κ3) is 4.07. The molecule has 0 aromatic carbocycles. The SMILES string of the molecule is CN(C)CCNC1CCCCC1N. The number of hydrogen-bond acceptors (Lipinski definition) is 3. The zero-order valence-corrected chi connectivity index (χ0v) is 8.92. The molecule has 0 saturated heterocycles. The smallest absolute Gasteiger partial charge is 0.0219 e. The molecule has 13 heavy (non-hydrogen) atoms. The van der Waals surface area contributed by atoms with E-state index in [1.165, 1.54) is 25.7 Å². The maximum absolute atomic E-state index is 6.02. The molecule has 1 saturated carbocycles. The second kappa shape index (κ2) is 5.58. The Hall–Kier alpha value is -0.120. The summed E-state index contributed by atoms with van der Waals surface area (Å²) in [6.07, 6.45) is 5.11. The predicted octanol–water partition coefficient (Wildman–Crippen LogP) is 0.408. The second-order valence-corrected chi connectivity index (χ2v) is 4.31. The van der Waals surface area contributed by atoms with Gasteiger partial charge in [-0.3, -0.25) is 0 Å². The van der Waals surface area contributed by atoms with Crippen LogP contribution >= 0.6 is 0 Å². The Bertz CT molecular complexity index is 136. The third-order valence-electron chi connectivity index (χ3n) is 2.78. The van der Waals surface area contributed by atoms with E-state index in [0.717, 1.165) is 13.1 Å². The van der Waals surface area contributed by atoms with Gasteiger partial charge >= 0.3 is 0 Å². The van der Waals surface area contributed by atoms with Crippen molar-refractivity contribution in [1.29, 1.82) is 0 Å². The maximum Gasteiger partial charge on any atom is 0.0219 e. The zero-order chi connectivity index (χ0) is 9.68. The molecule has 3 N–H and O–H groups in total. The molecular weight excluding hydrogens is 162 g/mol. The van der Waals surface area contributed by atoms with Gasteiger partial charge in [0.2, 0.25) is 0 Å². The number of nitrogens with two attached hydrogens (primary N) is 1. The molecule has 0 aliphatic heterocycles. The Morgan fingerprint density at radius 1 is 1.31 bits per heavy atom. The van der Waals surface area contributed by atoms with Crippen molar-refractivity contribution in [3.63, 3.8) is 0 Å². The molecule has 0 aromatic rings. The van der Waals surface area contributed by atoms with Gasteiger partial charge in [-0.1, -0.05) is 12.8 Å². The minimum atomic E-state index is 0.385. The second-order valence-electron chi connectivity index (χ2n) is 4.31. The first-order valence-corrected chi connectivity index (χ1v) is 5.34. The van der Waals surface area contributed by atoms with Crippen LogP contribution in [-0.2, 0) is 0 Å². The summed E-state index contributed by atoms with van der Waals surface area (Å²) in [6, 6.07) is 0.949. The van der Waals surface area contributed by atoms with Gasteiger partial charge in [0.25, 0.3) is 0 Å². The van der Waals surface area contributed by atoms with Crippen LogP contribution in [0.5, 0.6) is 0 Å². The normalized spacial score (nSPS) is 29.5. The fourth-order valence-corrected chi connectivity index (χ4v) is 1.89. The maximum atomic E-state index is 6.02. The van der Waals surface area contributed by atoms with Gasteiger partial charge < -0.3 is 16.0 Å². The van der Waals surface area contributed by atoms with E-state index >= 15 is 0 Å². The van der Waals surface area contributed by atoms with Crippen LogP contribution in [0.4, 0.5) is 0 Å². The number of hydrogen-bond donors (Lipinski definition) is 2. The van der Waals surface area contributed by atoms with Crippen LogP contribution in [0.1, 0.15) is 25.7 Å². The standard InChI is InChI=1S/C10H23N3/c1-13(2)8-7-12-10-6-4-3-5-9(10)11/h9-10,12H,3-8,11H2,1-2H3. The lowest BCUT2D eigenvalue weighted by molar-refractivity contribution is 0.309. The molecule has 1 rings (SSSR count). The summed E-state index contributed by atoms with van der Waals surface area (Å²) in [7, 11) is 4.20. The van der Waals surface area contributed by atoms with Crippen LogP contribution in [0.3, 0.4) is 0 Å². The average molecular weight is 185 g/mol. The quantitative estimate of drug-likeness (QED) is 0.666. The largest absolute Gasteiger partial charge is 0.326 e. The molecule has 0 radical (unpaired) electrons. The Kier molecular flexibility index (Phi) is 4.70. The third-order valence-corrected chi connectivity index (χ3v) is 2.78. The molecule has 0 aromatic heterocycles. The van der Waals surface area contributed by atoms with Crippen LogP contribution in [0, 0.1) is 0 Å². The van der Waals surface area contributed by atoms with Crippen molar-refractivity contribution in [2.75, 3.05) is 27.2 Å². The highest BCUT2D eigenvalue weighted by molar-refractivity contribution is 4.83. The van der Waals surface area contributed by atoms with Crippen molar-refractivity contribution in [3.05, 3.63) is 0 Å². The van der Waals surface area contributed by atoms with Crippen LogP contribution in [0.2, 0.25) is 0 Å². The summed E-state index contributed by atoms with van der Waals surface area (Å²) < 4.78 is 0. The van der Waals surface area contributed by atoms with Crippen LogP contribution in [0.25, 0.3) is 0 Å². The van der Waals surface area contributed by atoms with Crippen LogP contribution < -0.4 is 11.1 Å². The lowest BCUT2D eigenvalue weighted by atomic mass is 9.91. The minimum Gasteiger partial charge on any atom is -0.326 e. The molecule has 3 nitrogen and oxygen atoms in total. The monoisotopic (exact) mass is 185 g/mol. The molecule has 0 spiro atoms. The average Bonchev–Trinajstić information content (AvgIpc) is 2.08. The Morgan fingerprint density at radius 3 is 2.62 bits per heavy atom. The zero-order valence-electron chi connectivity index (χ0n) is 8.92. The summed E-state index contributed by atoms with van der Waals surface area (Å²) in [5, 5.41) is 3.54. The minimum absolute atomic E-state index is 0.385. The molecule has 3 heteroatoms. The summed E-state index contributed by atoms with van der Waals surface area (Å²) in [5.74, 6) is 0. The summed E-state index contributed by atoms with van der Waals surface area (Å²) >= 11 is 0. The molecule has 0 bridgehead atoms. The molecule has 0 heterocycles. The molecular formula is C10H23N3. The molecule has 78 valence electrons. The van der Waals surface area contributed by atoms with Crippen molar-refractivity contribution < 1.29 is 0 Å². The van der Waals surface area contributed by atoms with Gasteiger partial charge in [0.1, 0.15) is 0 Å². The molecule has 1 aliphatic carbocycles. The number of nitrogens with zero attached hydrogens (tertiary/aromatic N) is 1. The Balaban J connectivity index is 2.11. The highest BCUT2D eigenvalue weighted by Gasteiger charge is 2.20. The summed E-state index contributed by atoms with van der Waals surface area (Å²) in [6.45, 7) is 2.16. The first-order chi connectivity index (χ1) is 6.20. The van der Waals surface area contributed by atoms with E-state index in [2.05, 4.69) is 24.3 Å². The van der Waals surface area contributed by atoms with Gasteiger partial charge in [-0.05, 0) is 26.9 Å². The lowest BCUT2D eigenvalue weighted by Gasteiger charge is -2.29. The van der Waals surface area contributed by atoms with Crippen molar-refractivity contribution in [1.82, 2.24) is 10.2 Å². The van der Waals surface area contributed by atoms with Crippen molar-refractivity contribution in [2.45, 2.75) is 37.8 Å². The number of likely N-dealkylation sites (N-methyl/N-ethyl adjacent to an activating group) is 1. The molecule has 0 amide bonds. The van der Waals surface area contributed by atoms with Gasteiger partial charge in [0.15, 0.2) is 0 Å². The molecule has 1 aliphatic rings. The predicted molar refractivity (Wildman–Crippen MR) is 56.8 cm³/mol. The Labute approximate surface area is 81.7 Å².